The van der Waals surface area contributed by atoms with E-state index in [1.807, 2.05) is 11.8 Å². The van der Waals surface area contributed by atoms with Gasteiger partial charge in [0.15, 0.2) is 0 Å². The molecule has 0 aliphatic heterocycles. The van der Waals surface area contributed by atoms with E-state index in [0.29, 0.717) is 0 Å². The van der Waals surface area contributed by atoms with Gasteiger partial charge in [0, 0.05) is 13.2 Å². The Morgan fingerprint density at radius 2 is 1.59 bits per heavy atom. The minimum Gasteiger partial charge on any atom is -0.396 e. The third-order valence-electron chi connectivity index (χ3n) is 2.63. The maximum Gasteiger partial charge on any atom is 0.390 e. The molecule has 0 aromatic rings. The van der Waals surface area contributed by atoms with Crippen molar-refractivity contribution in [3.8, 4) is 0 Å². The Balaban J connectivity index is 3.67. The van der Waals surface area contributed by atoms with E-state index < -0.39 is 12.6 Å². The summed E-state index contributed by atoms with van der Waals surface area (Å²) < 4.78 is 36.3. The first-order chi connectivity index (χ1) is 7.99. The van der Waals surface area contributed by atoms with Crippen LogP contribution in [0.15, 0.2) is 0 Å². The number of hydrogen-bond donors (Lipinski definition) is 1. The van der Waals surface area contributed by atoms with Gasteiger partial charge in [-0.1, -0.05) is 19.8 Å². The third kappa shape index (κ3) is 12.0. The molecular weight excluding hydrogens is 231 g/mol. The van der Waals surface area contributed by atoms with Gasteiger partial charge in [0.2, 0.25) is 0 Å². The maximum atomic E-state index is 12.1. The van der Waals surface area contributed by atoms with E-state index >= 15 is 0 Å². The Labute approximate surface area is 102 Å². The summed E-state index contributed by atoms with van der Waals surface area (Å²) >= 11 is 0. The van der Waals surface area contributed by atoms with Gasteiger partial charge in [0.05, 0.1) is 6.42 Å². The molecule has 0 amide bonds. The molecule has 0 aromatic heterocycles. The Bertz CT molecular complexity index is 174. The number of aliphatic hydroxyl groups is 1. The summed E-state index contributed by atoms with van der Waals surface area (Å²) in [5.41, 5.74) is 0. The first-order valence-corrected chi connectivity index (χ1v) is 6.39. The molecule has 0 rings (SSSR count). The van der Waals surface area contributed by atoms with Gasteiger partial charge in [-0.3, -0.25) is 0 Å². The summed E-state index contributed by atoms with van der Waals surface area (Å²) in [6.07, 6.45) is -0.252. The Hall–Kier alpha value is -0.290. The van der Waals surface area contributed by atoms with E-state index in [9.17, 15) is 13.2 Å². The third-order valence-corrected chi connectivity index (χ3v) is 2.63. The summed E-state index contributed by atoms with van der Waals surface area (Å²) in [7, 11) is 0. The molecule has 0 saturated heterocycles. The van der Waals surface area contributed by atoms with Crippen LogP contribution in [-0.4, -0.2) is 42.4 Å². The highest BCUT2D eigenvalue weighted by Gasteiger charge is 2.27. The lowest BCUT2D eigenvalue weighted by Crippen LogP contribution is -2.30. The van der Waals surface area contributed by atoms with Crippen LogP contribution in [0, 0.1) is 0 Å². The lowest BCUT2D eigenvalue weighted by Gasteiger charge is -2.22. The van der Waals surface area contributed by atoms with Gasteiger partial charge in [0.25, 0.3) is 0 Å². The Morgan fingerprint density at radius 1 is 0.941 bits per heavy atom. The van der Waals surface area contributed by atoms with Crippen molar-refractivity contribution < 1.29 is 18.3 Å². The van der Waals surface area contributed by atoms with Crippen molar-refractivity contribution in [2.75, 3.05) is 26.2 Å². The Kier molecular flexibility index (Phi) is 9.55. The zero-order valence-electron chi connectivity index (χ0n) is 10.6. The van der Waals surface area contributed by atoms with Gasteiger partial charge in [-0.15, -0.1) is 0 Å². The molecule has 0 radical (unpaired) electrons. The predicted octanol–water partition coefficient (Wildman–Crippen LogP) is 3.20. The molecule has 0 bridgehead atoms. The van der Waals surface area contributed by atoms with Gasteiger partial charge in [-0.2, -0.15) is 13.2 Å². The Morgan fingerprint density at radius 3 is 2.12 bits per heavy atom. The highest BCUT2D eigenvalue weighted by atomic mass is 19.4. The molecule has 0 saturated carbocycles. The predicted molar refractivity (Wildman–Crippen MR) is 63.0 cm³/mol. The summed E-state index contributed by atoms with van der Waals surface area (Å²) in [5, 5.41) is 8.60. The second kappa shape index (κ2) is 9.71. The summed E-state index contributed by atoms with van der Waals surface area (Å²) in [6, 6.07) is 0. The van der Waals surface area contributed by atoms with E-state index in [1.165, 1.54) is 0 Å². The van der Waals surface area contributed by atoms with E-state index in [4.69, 9.17) is 5.11 Å². The number of halogens is 3. The number of rotatable bonds is 10. The molecule has 2 nitrogen and oxygen atoms in total. The van der Waals surface area contributed by atoms with Gasteiger partial charge in [-0.05, 0) is 32.4 Å². The van der Waals surface area contributed by atoms with Crippen molar-refractivity contribution >= 4 is 0 Å². The molecule has 17 heavy (non-hydrogen) atoms. The first-order valence-electron chi connectivity index (χ1n) is 6.39. The van der Waals surface area contributed by atoms with Crippen LogP contribution >= 0.6 is 0 Å². The number of nitrogens with zero attached hydrogens (tertiary/aromatic N) is 1. The molecule has 0 atom stereocenters. The number of alkyl halides is 3. The van der Waals surface area contributed by atoms with Crippen LogP contribution in [0.1, 0.15) is 45.4 Å². The second-order valence-corrected chi connectivity index (χ2v) is 4.34. The molecule has 104 valence electrons. The molecule has 0 spiro atoms. The fourth-order valence-electron chi connectivity index (χ4n) is 1.74. The van der Waals surface area contributed by atoms with Crippen molar-refractivity contribution in [1.29, 1.82) is 0 Å². The SMILES string of the molecule is CCCN(CCCCCCO)CCC(F)(F)F. The summed E-state index contributed by atoms with van der Waals surface area (Å²) in [4.78, 5) is 1.88. The lowest BCUT2D eigenvalue weighted by atomic mass is 10.2. The monoisotopic (exact) mass is 255 g/mol. The van der Waals surface area contributed by atoms with Crippen molar-refractivity contribution in [3.63, 3.8) is 0 Å². The standard InChI is InChI=1S/C12H24F3NO/c1-2-8-16(10-7-12(13,14)15)9-5-3-4-6-11-17/h17H,2-11H2,1H3. The van der Waals surface area contributed by atoms with E-state index in [1.54, 1.807) is 0 Å². The van der Waals surface area contributed by atoms with Crippen molar-refractivity contribution in [2.24, 2.45) is 0 Å². The summed E-state index contributed by atoms with van der Waals surface area (Å²) in [6.45, 7) is 3.75. The second-order valence-electron chi connectivity index (χ2n) is 4.34. The van der Waals surface area contributed by atoms with Crippen LogP contribution in [0.2, 0.25) is 0 Å². The van der Waals surface area contributed by atoms with Gasteiger partial charge < -0.3 is 10.0 Å². The lowest BCUT2D eigenvalue weighted by molar-refractivity contribution is -0.138. The van der Waals surface area contributed by atoms with E-state index in [-0.39, 0.29) is 13.2 Å². The van der Waals surface area contributed by atoms with Crippen molar-refractivity contribution in [3.05, 3.63) is 0 Å². The fourth-order valence-corrected chi connectivity index (χ4v) is 1.74. The molecule has 5 heteroatoms. The summed E-state index contributed by atoms with van der Waals surface area (Å²) in [5.74, 6) is 0. The average Bonchev–Trinajstić information content (AvgIpc) is 2.24. The van der Waals surface area contributed by atoms with Crippen molar-refractivity contribution in [2.45, 2.75) is 51.6 Å². The van der Waals surface area contributed by atoms with E-state index in [0.717, 1.165) is 45.2 Å². The fraction of sp³-hybridized carbons (Fsp3) is 1.00. The van der Waals surface area contributed by atoms with Gasteiger partial charge in [-0.25, -0.2) is 0 Å². The van der Waals surface area contributed by atoms with Crippen molar-refractivity contribution in [1.82, 2.24) is 4.90 Å². The quantitative estimate of drug-likeness (QED) is 0.606. The van der Waals surface area contributed by atoms with Gasteiger partial charge in [0.1, 0.15) is 0 Å². The van der Waals surface area contributed by atoms with Crippen LogP contribution in [0.5, 0.6) is 0 Å². The van der Waals surface area contributed by atoms with Gasteiger partial charge >= 0.3 is 6.18 Å². The zero-order chi connectivity index (χ0) is 13.1. The highest BCUT2D eigenvalue weighted by Crippen LogP contribution is 2.20. The molecule has 0 heterocycles. The molecular formula is C12H24F3NO. The smallest absolute Gasteiger partial charge is 0.390 e. The molecule has 0 unspecified atom stereocenters. The number of unbranched alkanes of at least 4 members (excludes halogenated alkanes) is 3. The minimum absolute atomic E-state index is 0.108. The molecule has 0 aromatic carbocycles. The number of hydrogen-bond acceptors (Lipinski definition) is 2. The highest BCUT2D eigenvalue weighted by molar-refractivity contribution is 4.61. The zero-order valence-corrected chi connectivity index (χ0v) is 10.6. The molecule has 0 fully saturated rings. The topological polar surface area (TPSA) is 23.5 Å². The maximum absolute atomic E-state index is 12.1. The normalized spacial score (nSPS) is 12.4. The van der Waals surface area contributed by atoms with Crippen LogP contribution in [0.25, 0.3) is 0 Å². The van der Waals surface area contributed by atoms with Crippen LogP contribution in [0.3, 0.4) is 0 Å². The van der Waals surface area contributed by atoms with Crippen LogP contribution in [0.4, 0.5) is 13.2 Å². The molecule has 1 N–H and O–H groups in total. The van der Waals surface area contributed by atoms with Crippen LogP contribution < -0.4 is 0 Å². The average molecular weight is 255 g/mol. The minimum atomic E-state index is -4.05. The largest absolute Gasteiger partial charge is 0.396 e. The van der Waals surface area contributed by atoms with E-state index in [2.05, 4.69) is 0 Å². The first kappa shape index (κ1) is 16.7. The number of aliphatic hydroxyl groups excluding tert-OH is 1. The molecule has 0 aliphatic rings. The molecule has 0 aliphatic carbocycles. The van der Waals surface area contributed by atoms with Crippen LogP contribution in [-0.2, 0) is 0 Å².